The van der Waals surface area contributed by atoms with E-state index in [0.717, 1.165) is 19.0 Å². The Kier molecular flexibility index (Phi) is 6.32. The normalized spacial score (nSPS) is 23.2. The molecule has 0 aromatic heterocycles. The minimum absolute atomic E-state index is 0.711. The molecule has 2 N–H and O–H groups in total. The predicted molar refractivity (Wildman–Crippen MR) is 70.6 cm³/mol. The second-order valence-corrected chi connectivity index (χ2v) is 5.11. The predicted octanol–water partition coefficient (Wildman–Crippen LogP) is 1.53. The first-order valence-electron chi connectivity index (χ1n) is 6.87. The van der Waals surface area contributed by atoms with E-state index in [-0.39, 0.29) is 0 Å². The smallest absolute Gasteiger partial charge is 0.0113 e. The van der Waals surface area contributed by atoms with Crippen LogP contribution in [0.25, 0.3) is 0 Å². The van der Waals surface area contributed by atoms with E-state index in [2.05, 4.69) is 30.6 Å². The highest BCUT2D eigenvalue weighted by Crippen LogP contribution is 2.13. The van der Waals surface area contributed by atoms with Gasteiger partial charge in [-0.3, -0.25) is 9.80 Å². The number of piperazine rings is 1. The summed E-state index contributed by atoms with van der Waals surface area (Å²) in [7, 11) is 0. The first-order valence-corrected chi connectivity index (χ1v) is 6.87. The van der Waals surface area contributed by atoms with Crippen LogP contribution < -0.4 is 5.73 Å². The summed E-state index contributed by atoms with van der Waals surface area (Å²) in [6, 6.07) is 1.46. The third-order valence-electron chi connectivity index (χ3n) is 4.01. The third-order valence-corrected chi connectivity index (χ3v) is 4.01. The van der Waals surface area contributed by atoms with Crippen molar-refractivity contribution in [3.63, 3.8) is 0 Å². The molecule has 1 saturated heterocycles. The van der Waals surface area contributed by atoms with Crippen LogP contribution in [0.2, 0.25) is 0 Å². The van der Waals surface area contributed by atoms with Crippen molar-refractivity contribution in [2.75, 3.05) is 32.7 Å². The molecule has 3 nitrogen and oxygen atoms in total. The van der Waals surface area contributed by atoms with Crippen LogP contribution in [-0.2, 0) is 0 Å². The largest absolute Gasteiger partial charge is 0.330 e. The SMILES string of the molecule is CCC(C)N1CCN(C(C)CCCN)CC1. The van der Waals surface area contributed by atoms with Crippen LogP contribution in [0.1, 0.15) is 40.0 Å². The Hall–Kier alpha value is -0.120. The summed E-state index contributed by atoms with van der Waals surface area (Å²) in [5.74, 6) is 0. The van der Waals surface area contributed by atoms with Crippen LogP contribution in [0.15, 0.2) is 0 Å². The van der Waals surface area contributed by atoms with Crippen molar-refractivity contribution < 1.29 is 0 Å². The fourth-order valence-corrected chi connectivity index (χ4v) is 2.47. The van der Waals surface area contributed by atoms with Crippen LogP contribution >= 0.6 is 0 Å². The van der Waals surface area contributed by atoms with Gasteiger partial charge in [0.1, 0.15) is 0 Å². The molecule has 1 rings (SSSR count). The minimum Gasteiger partial charge on any atom is -0.330 e. The van der Waals surface area contributed by atoms with Crippen molar-refractivity contribution in [3.8, 4) is 0 Å². The first-order chi connectivity index (χ1) is 7.69. The second kappa shape index (κ2) is 7.25. The molecule has 1 aliphatic rings. The highest BCUT2D eigenvalue weighted by Gasteiger charge is 2.22. The van der Waals surface area contributed by atoms with Crippen molar-refractivity contribution in [2.24, 2.45) is 5.73 Å². The van der Waals surface area contributed by atoms with Gasteiger partial charge in [-0.25, -0.2) is 0 Å². The third kappa shape index (κ3) is 4.04. The maximum Gasteiger partial charge on any atom is 0.0113 e. The van der Waals surface area contributed by atoms with Gasteiger partial charge in [-0.05, 0) is 39.7 Å². The fourth-order valence-electron chi connectivity index (χ4n) is 2.47. The lowest BCUT2D eigenvalue weighted by molar-refractivity contribution is 0.0744. The van der Waals surface area contributed by atoms with E-state index in [4.69, 9.17) is 5.73 Å². The fraction of sp³-hybridized carbons (Fsp3) is 1.00. The Bertz CT molecular complexity index is 176. The van der Waals surface area contributed by atoms with Gasteiger partial charge in [0, 0.05) is 38.3 Å². The van der Waals surface area contributed by atoms with Crippen molar-refractivity contribution in [3.05, 3.63) is 0 Å². The Balaban J connectivity index is 2.25. The number of nitrogens with zero attached hydrogens (tertiary/aromatic N) is 2. The average molecular weight is 227 g/mol. The number of hydrogen-bond donors (Lipinski definition) is 1. The van der Waals surface area contributed by atoms with Gasteiger partial charge in [-0.15, -0.1) is 0 Å². The molecule has 2 atom stereocenters. The molecule has 2 unspecified atom stereocenters. The van der Waals surface area contributed by atoms with E-state index < -0.39 is 0 Å². The summed E-state index contributed by atoms with van der Waals surface area (Å²) in [6.45, 7) is 12.7. The lowest BCUT2D eigenvalue weighted by Crippen LogP contribution is -2.51. The van der Waals surface area contributed by atoms with Crippen molar-refractivity contribution in [2.45, 2.75) is 52.1 Å². The maximum absolute atomic E-state index is 5.56. The van der Waals surface area contributed by atoms with Crippen LogP contribution in [-0.4, -0.2) is 54.6 Å². The Morgan fingerprint density at radius 2 is 1.50 bits per heavy atom. The van der Waals surface area contributed by atoms with Gasteiger partial charge in [0.2, 0.25) is 0 Å². The number of nitrogens with two attached hydrogens (primary N) is 1. The van der Waals surface area contributed by atoms with Crippen molar-refractivity contribution in [1.82, 2.24) is 9.80 Å². The number of hydrogen-bond acceptors (Lipinski definition) is 3. The molecule has 16 heavy (non-hydrogen) atoms. The summed E-state index contributed by atoms with van der Waals surface area (Å²) in [5.41, 5.74) is 5.56. The van der Waals surface area contributed by atoms with E-state index in [1.807, 2.05) is 0 Å². The summed E-state index contributed by atoms with van der Waals surface area (Å²) in [4.78, 5) is 5.24. The molecule has 0 radical (unpaired) electrons. The van der Waals surface area contributed by atoms with E-state index in [0.29, 0.717) is 6.04 Å². The highest BCUT2D eigenvalue weighted by molar-refractivity contribution is 4.78. The molecule has 3 heteroatoms. The molecule has 0 bridgehead atoms. The van der Waals surface area contributed by atoms with E-state index in [1.54, 1.807) is 0 Å². The lowest BCUT2D eigenvalue weighted by Gasteiger charge is -2.40. The van der Waals surface area contributed by atoms with Gasteiger partial charge in [-0.2, -0.15) is 0 Å². The van der Waals surface area contributed by atoms with Crippen LogP contribution in [0.5, 0.6) is 0 Å². The molecule has 0 saturated carbocycles. The van der Waals surface area contributed by atoms with Gasteiger partial charge in [0.25, 0.3) is 0 Å². The summed E-state index contributed by atoms with van der Waals surface area (Å²) in [5, 5.41) is 0. The second-order valence-electron chi connectivity index (χ2n) is 5.11. The lowest BCUT2D eigenvalue weighted by atomic mass is 10.1. The summed E-state index contributed by atoms with van der Waals surface area (Å²) >= 11 is 0. The van der Waals surface area contributed by atoms with Gasteiger partial charge in [0.15, 0.2) is 0 Å². The molecule has 0 aromatic carbocycles. The molecule has 0 aliphatic carbocycles. The zero-order chi connectivity index (χ0) is 12.0. The molecule has 96 valence electrons. The average Bonchev–Trinajstić information content (AvgIpc) is 2.35. The Morgan fingerprint density at radius 3 is 1.94 bits per heavy atom. The molecule has 1 heterocycles. The van der Waals surface area contributed by atoms with Crippen LogP contribution in [0, 0.1) is 0 Å². The maximum atomic E-state index is 5.56. The van der Waals surface area contributed by atoms with Gasteiger partial charge in [0.05, 0.1) is 0 Å². The molecule has 1 fully saturated rings. The molecular weight excluding hydrogens is 198 g/mol. The quantitative estimate of drug-likeness (QED) is 0.747. The van der Waals surface area contributed by atoms with E-state index in [9.17, 15) is 0 Å². The van der Waals surface area contributed by atoms with E-state index in [1.165, 1.54) is 39.0 Å². The van der Waals surface area contributed by atoms with Gasteiger partial charge >= 0.3 is 0 Å². The van der Waals surface area contributed by atoms with E-state index >= 15 is 0 Å². The van der Waals surface area contributed by atoms with Gasteiger partial charge < -0.3 is 5.73 Å². The van der Waals surface area contributed by atoms with Gasteiger partial charge in [-0.1, -0.05) is 6.92 Å². The standard InChI is InChI=1S/C13H29N3/c1-4-12(2)15-8-10-16(11-9-15)13(3)6-5-7-14/h12-13H,4-11,14H2,1-3H3. The zero-order valence-corrected chi connectivity index (χ0v) is 11.3. The monoisotopic (exact) mass is 227 g/mol. The Labute approximate surface area is 101 Å². The topological polar surface area (TPSA) is 32.5 Å². The molecule has 0 amide bonds. The zero-order valence-electron chi connectivity index (χ0n) is 11.3. The van der Waals surface area contributed by atoms with Crippen LogP contribution in [0.3, 0.4) is 0 Å². The van der Waals surface area contributed by atoms with Crippen molar-refractivity contribution in [1.29, 1.82) is 0 Å². The molecule has 0 spiro atoms. The number of rotatable bonds is 6. The first kappa shape index (κ1) is 13.9. The highest BCUT2D eigenvalue weighted by atomic mass is 15.3. The van der Waals surface area contributed by atoms with Crippen molar-refractivity contribution >= 4 is 0 Å². The Morgan fingerprint density at radius 1 is 1.00 bits per heavy atom. The molecule has 0 aromatic rings. The van der Waals surface area contributed by atoms with Crippen LogP contribution in [0.4, 0.5) is 0 Å². The molecule has 1 aliphatic heterocycles. The molecular formula is C13H29N3. The summed E-state index contributed by atoms with van der Waals surface area (Å²) in [6.07, 6.45) is 3.68. The minimum atomic E-state index is 0.711. The summed E-state index contributed by atoms with van der Waals surface area (Å²) < 4.78 is 0.